The van der Waals surface area contributed by atoms with E-state index >= 15 is 0 Å². The second-order valence-electron chi connectivity index (χ2n) is 8.56. The average Bonchev–Trinajstić information content (AvgIpc) is 2.96. The Morgan fingerprint density at radius 3 is 2.29 bits per heavy atom. The van der Waals surface area contributed by atoms with Gasteiger partial charge in [0.2, 0.25) is 5.91 Å². The molecule has 1 amide bonds. The minimum absolute atomic E-state index is 0.145. The van der Waals surface area contributed by atoms with Gasteiger partial charge in [-0.3, -0.25) is 9.59 Å². The number of rotatable bonds is 12. The Balaban J connectivity index is 1.25. The second kappa shape index (κ2) is 13.0. The van der Waals surface area contributed by atoms with E-state index in [2.05, 4.69) is 20.5 Å². The Kier molecular flexibility index (Phi) is 9.07. The summed E-state index contributed by atoms with van der Waals surface area (Å²) in [5.74, 6) is 2.45. The summed E-state index contributed by atoms with van der Waals surface area (Å²) in [4.78, 5) is 27.5. The van der Waals surface area contributed by atoms with Gasteiger partial charge in [0.1, 0.15) is 29.5 Å². The molecule has 0 spiro atoms. The van der Waals surface area contributed by atoms with Crippen LogP contribution in [0.2, 0.25) is 0 Å². The van der Waals surface area contributed by atoms with E-state index < -0.39 is 0 Å². The SMILES string of the molecule is COc1ccc(CCNC(=O)CCc2nnc(-c3ccc(OCc4cccc(OC)c4)cc3)[nH]c2=O)cc1. The fourth-order valence-corrected chi connectivity index (χ4v) is 3.75. The van der Waals surface area contributed by atoms with Gasteiger partial charge in [-0.15, -0.1) is 10.2 Å². The van der Waals surface area contributed by atoms with Gasteiger partial charge in [0.25, 0.3) is 5.56 Å². The Labute approximate surface area is 220 Å². The van der Waals surface area contributed by atoms with Gasteiger partial charge in [0.05, 0.1) is 14.2 Å². The highest BCUT2D eigenvalue weighted by Gasteiger charge is 2.10. The molecular weight excluding hydrogens is 484 g/mol. The van der Waals surface area contributed by atoms with Crippen LogP contribution < -0.4 is 25.1 Å². The summed E-state index contributed by atoms with van der Waals surface area (Å²) < 4.78 is 16.2. The topological polar surface area (TPSA) is 115 Å². The van der Waals surface area contributed by atoms with Crippen LogP contribution in [0.4, 0.5) is 0 Å². The van der Waals surface area contributed by atoms with E-state index in [1.807, 2.05) is 48.5 Å². The molecule has 0 bridgehead atoms. The smallest absolute Gasteiger partial charge is 0.273 e. The molecule has 0 fully saturated rings. The molecule has 1 heterocycles. The first-order valence-corrected chi connectivity index (χ1v) is 12.3. The van der Waals surface area contributed by atoms with Crippen LogP contribution in [-0.4, -0.2) is 41.9 Å². The van der Waals surface area contributed by atoms with Crippen molar-refractivity contribution >= 4 is 5.91 Å². The van der Waals surface area contributed by atoms with Gasteiger partial charge in [0.15, 0.2) is 5.82 Å². The lowest BCUT2D eigenvalue weighted by Crippen LogP contribution is -2.27. The first-order valence-electron chi connectivity index (χ1n) is 12.3. The van der Waals surface area contributed by atoms with E-state index in [4.69, 9.17) is 14.2 Å². The zero-order valence-corrected chi connectivity index (χ0v) is 21.4. The van der Waals surface area contributed by atoms with Crippen LogP contribution in [-0.2, 0) is 24.2 Å². The molecule has 3 aromatic carbocycles. The third kappa shape index (κ3) is 7.42. The Morgan fingerprint density at radius 2 is 1.58 bits per heavy atom. The van der Waals surface area contributed by atoms with Crippen molar-refractivity contribution in [3.05, 3.63) is 100.0 Å². The number of nitrogens with zero attached hydrogens (tertiary/aromatic N) is 2. The quantitative estimate of drug-likeness (QED) is 0.296. The van der Waals surface area contributed by atoms with Crippen LogP contribution in [0.3, 0.4) is 0 Å². The van der Waals surface area contributed by atoms with Crippen molar-refractivity contribution < 1.29 is 19.0 Å². The molecule has 0 unspecified atom stereocenters. The number of nitrogens with one attached hydrogen (secondary N) is 2. The molecule has 0 saturated heterocycles. The van der Waals surface area contributed by atoms with Gasteiger partial charge >= 0.3 is 0 Å². The van der Waals surface area contributed by atoms with E-state index in [-0.39, 0.29) is 30.0 Å². The van der Waals surface area contributed by atoms with E-state index in [1.54, 1.807) is 38.5 Å². The minimum atomic E-state index is -0.362. The molecule has 9 heteroatoms. The largest absolute Gasteiger partial charge is 0.497 e. The van der Waals surface area contributed by atoms with Crippen molar-refractivity contribution in [1.29, 1.82) is 0 Å². The molecule has 4 aromatic rings. The summed E-state index contributed by atoms with van der Waals surface area (Å²) >= 11 is 0. The number of methoxy groups -OCH3 is 2. The Bertz CT molecular complexity index is 1400. The lowest BCUT2D eigenvalue weighted by atomic mass is 10.1. The molecule has 0 aliphatic rings. The maximum Gasteiger partial charge on any atom is 0.273 e. The van der Waals surface area contributed by atoms with Gasteiger partial charge in [0, 0.05) is 24.9 Å². The predicted octanol–water partition coefficient (Wildman–Crippen LogP) is 3.72. The van der Waals surface area contributed by atoms with Gasteiger partial charge in [-0.1, -0.05) is 24.3 Å². The predicted molar refractivity (Wildman–Crippen MR) is 143 cm³/mol. The van der Waals surface area contributed by atoms with Crippen LogP contribution in [0, 0.1) is 0 Å². The van der Waals surface area contributed by atoms with Gasteiger partial charge in [-0.05, 0) is 66.1 Å². The summed E-state index contributed by atoms with van der Waals surface area (Å²) in [6.07, 6.45) is 1.06. The molecule has 9 nitrogen and oxygen atoms in total. The molecular formula is C29H30N4O5. The normalized spacial score (nSPS) is 10.6. The summed E-state index contributed by atoms with van der Waals surface area (Å²) in [5.41, 5.74) is 2.65. The van der Waals surface area contributed by atoms with Gasteiger partial charge in [-0.25, -0.2) is 0 Å². The van der Waals surface area contributed by atoms with E-state index in [0.717, 1.165) is 22.6 Å². The first kappa shape index (κ1) is 26.4. The average molecular weight is 515 g/mol. The number of carbonyl (C=O) groups is 1. The van der Waals surface area contributed by atoms with Crippen molar-refractivity contribution in [3.8, 4) is 28.6 Å². The Hall–Kier alpha value is -4.66. The fraction of sp³-hybridized carbons (Fsp3) is 0.241. The molecule has 0 saturated carbocycles. The number of ether oxygens (including phenoxy) is 3. The second-order valence-corrected chi connectivity index (χ2v) is 8.56. The molecule has 0 aliphatic carbocycles. The number of hydrogen-bond donors (Lipinski definition) is 2. The molecule has 38 heavy (non-hydrogen) atoms. The molecule has 2 N–H and O–H groups in total. The third-order valence-corrected chi connectivity index (χ3v) is 5.92. The van der Waals surface area contributed by atoms with Gasteiger partial charge < -0.3 is 24.5 Å². The van der Waals surface area contributed by atoms with Crippen molar-refractivity contribution in [1.82, 2.24) is 20.5 Å². The summed E-state index contributed by atoms with van der Waals surface area (Å²) in [7, 11) is 3.25. The Morgan fingerprint density at radius 1 is 0.842 bits per heavy atom. The van der Waals surface area contributed by atoms with Crippen LogP contribution in [0.5, 0.6) is 17.2 Å². The van der Waals surface area contributed by atoms with Crippen LogP contribution in [0.1, 0.15) is 23.2 Å². The minimum Gasteiger partial charge on any atom is -0.497 e. The molecule has 0 atom stereocenters. The zero-order valence-electron chi connectivity index (χ0n) is 21.4. The summed E-state index contributed by atoms with van der Waals surface area (Å²) in [5, 5.41) is 11.1. The van der Waals surface area contributed by atoms with E-state index in [0.29, 0.717) is 36.7 Å². The van der Waals surface area contributed by atoms with Gasteiger partial charge in [-0.2, -0.15) is 0 Å². The number of aryl methyl sites for hydroxylation is 1. The molecule has 0 radical (unpaired) electrons. The number of H-pyrrole nitrogens is 1. The van der Waals surface area contributed by atoms with Crippen molar-refractivity contribution in [3.63, 3.8) is 0 Å². The molecule has 1 aromatic heterocycles. The zero-order chi connectivity index (χ0) is 26.7. The lowest BCUT2D eigenvalue weighted by molar-refractivity contribution is -0.121. The van der Waals surface area contributed by atoms with E-state index in [1.165, 1.54) is 0 Å². The maximum atomic E-state index is 12.5. The number of aromatic amines is 1. The number of hydrogen-bond acceptors (Lipinski definition) is 7. The van der Waals surface area contributed by atoms with Crippen LogP contribution in [0.25, 0.3) is 11.4 Å². The first-order chi connectivity index (χ1) is 18.5. The molecule has 4 rings (SSSR count). The summed E-state index contributed by atoms with van der Waals surface area (Å²) in [6, 6.07) is 22.6. The number of amides is 1. The monoisotopic (exact) mass is 514 g/mol. The van der Waals surface area contributed by atoms with Crippen molar-refractivity contribution in [2.24, 2.45) is 0 Å². The maximum absolute atomic E-state index is 12.5. The van der Waals surface area contributed by atoms with Crippen LogP contribution >= 0.6 is 0 Å². The van der Waals surface area contributed by atoms with Crippen molar-refractivity contribution in [2.45, 2.75) is 25.9 Å². The third-order valence-electron chi connectivity index (χ3n) is 5.92. The van der Waals surface area contributed by atoms with E-state index in [9.17, 15) is 9.59 Å². The number of benzene rings is 3. The standard InChI is InChI=1S/C29H30N4O5/c1-36-23-10-6-20(7-11-23)16-17-30-27(34)15-14-26-29(35)31-28(33-32-26)22-8-12-24(13-9-22)38-19-21-4-3-5-25(18-21)37-2/h3-13,18H,14-17,19H2,1-2H3,(H,30,34)(H,31,33,35). The summed E-state index contributed by atoms with van der Waals surface area (Å²) in [6.45, 7) is 0.905. The lowest BCUT2D eigenvalue weighted by Gasteiger charge is -2.08. The van der Waals surface area contributed by atoms with Crippen LogP contribution in [0.15, 0.2) is 77.6 Å². The highest BCUT2D eigenvalue weighted by molar-refractivity contribution is 5.76. The number of aromatic nitrogens is 3. The number of carbonyl (C=O) groups excluding carboxylic acids is 1. The highest BCUT2D eigenvalue weighted by Crippen LogP contribution is 2.20. The fourth-order valence-electron chi connectivity index (χ4n) is 3.75. The molecule has 0 aliphatic heterocycles. The van der Waals surface area contributed by atoms with Crippen molar-refractivity contribution in [2.75, 3.05) is 20.8 Å². The molecule has 196 valence electrons. The highest BCUT2D eigenvalue weighted by atomic mass is 16.5.